The van der Waals surface area contributed by atoms with Crippen molar-refractivity contribution in [2.75, 3.05) is 13.4 Å². The van der Waals surface area contributed by atoms with Crippen molar-refractivity contribution in [1.82, 2.24) is 4.98 Å². The molecule has 4 rings (SSSR count). The van der Waals surface area contributed by atoms with E-state index in [0.717, 1.165) is 5.69 Å². The van der Waals surface area contributed by atoms with E-state index < -0.39 is 5.97 Å². The lowest BCUT2D eigenvalue weighted by molar-refractivity contribution is -0.136. The number of rotatable bonds is 4. The van der Waals surface area contributed by atoms with Crippen molar-refractivity contribution in [3.63, 3.8) is 0 Å². The summed E-state index contributed by atoms with van der Waals surface area (Å²) in [5.41, 5.74) is 1.26. The Morgan fingerprint density at radius 3 is 2.78 bits per heavy atom. The molecule has 2 heterocycles. The molecular formula is C19H13Cl2NO5. The first-order valence-electron chi connectivity index (χ1n) is 8.00. The average Bonchev–Trinajstić information content (AvgIpc) is 3.09. The van der Waals surface area contributed by atoms with Crippen LogP contribution in [0.25, 0.3) is 10.9 Å². The van der Waals surface area contributed by atoms with Crippen LogP contribution in [0.5, 0.6) is 23.0 Å². The van der Waals surface area contributed by atoms with Crippen LogP contribution in [-0.4, -0.2) is 24.4 Å². The van der Waals surface area contributed by atoms with Crippen LogP contribution in [0, 0.1) is 6.92 Å². The number of carbonyl (C=O) groups excluding carboxylic acids is 1. The van der Waals surface area contributed by atoms with E-state index in [2.05, 4.69) is 4.98 Å². The van der Waals surface area contributed by atoms with Gasteiger partial charge in [0.2, 0.25) is 6.79 Å². The highest BCUT2D eigenvalue weighted by Gasteiger charge is 2.17. The van der Waals surface area contributed by atoms with Crippen LogP contribution in [0.4, 0.5) is 0 Å². The fourth-order valence-electron chi connectivity index (χ4n) is 2.66. The van der Waals surface area contributed by atoms with Gasteiger partial charge < -0.3 is 18.9 Å². The summed E-state index contributed by atoms with van der Waals surface area (Å²) >= 11 is 12.4. The molecule has 0 spiro atoms. The average molecular weight is 406 g/mol. The van der Waals surface area contributed by atoms with Gasteiger partial charge in [-0.3, -0.25) is 0 Å². The maximum atomic E-state index is 12.2. The van der Waals surface area contributed by atoms with Crippen molar-refractivity contribution in [2.45, 2.75) is 6.92 Å². The zero-order valence-corrected chi connectivity index (χ0v) is 15.6. The van der Waals surface area contributed by atoms with Gasteiger partial charge in [0.1, 0.15) is 11.3 Å². The number of hydrogen-bond donors (Lipinski definition) is 0. The molecule has 8 heteroatoms. The molecule has 1 aromatic heterocycles. The molecule has 6 nitrogen and oxygen atoms in total. The van der Waals surface area contributed by atoms with Crippen molar-refractivity contribution in [3.8, 4) is 23.0 Å². The van der Waals surface area contributed by atoms with Crippen molar-refractivity contribution >= 4 is 40.1 Å². The van der Waals surface area contributed by atoms with Crippen LogP contribution in [0.15, 0.2) is 36.4 Å². The molecule has 0 fully saturated rings. The van der Waals surface area contributed by atoms with Gasteiger partial charge in [-0.05, 0) is 37.3 Å². The third-order valence-electron chi connectivity index (χ3n) is 3.89. The Morgan fingerprint density at radius 2 is 1.93 bits per heavy atom. The lowest BCUT2D eigenvalue weighted by atomic mass is 10.2. The van der Waals surface area contributed by atoms with E-state index in [1.807, 2.05) is 19.1 Å². The maximum absolute atomic E-state index is 12.2. The normalized spacial score (nSPS) is 12.3. The molecule has 0 radical (unpaired) electrons. The molecule has 0 saturated heterocycles. The van der Waals surface area contributed by atoms with E-state index in [1.54, 1.807) is 24.3 Å². The summed E-state index contributed by atoms with van der Waals surface area (Å²) < 4.78 is 21.3. The minimum atomic E-state index is -0.597. The highest BCUT2D eigenvalue weighted by Crippen LogP contribution is 2.38. The Kier molecular flexibility index (Phi) is 4.68. The SMILES string of the molecule is Cc1ccc2c(Cl)cc(Cl)c(OCC(=O)Oc3ccc4c(c3)OCO4)c2n1. The minimum Gasteiger partial charge on any atom is -0.478 e. The number of aryl methyl sites for hydroxylation is 1. The van der Waals surface area contributed by atoms with E-state index in [9.17, 15) is 4.79 Å². The summed E-state index contributed by atoms with van der Waals surface area (Å²) in [6.45, 7) is 1.64. The molecule has 138 valence electrons. The van der Waals surface area contributed by atoms with Crippen LogP contribution in [0.2, 0.25) is 10.0 Å². The lowest BCUT2D eigenvalue weighted by Crippen LogP contribution is -2.18. The van der Waals surface area contributed by atoms with Gasteiger partial charge in [0, 0.05) is 17.1 Å². The largest absolute Gasteiger partial charge is 0.478 e. The van der Waals surface area contributed by atoms with Gasteiger partial charge in [0.25, 0.3) is 0 Å². The predicted molar refractivity (Wildman–Crippen MR) is 100 cm³/mol. The monoisotopic (exact) mass is 405 g/mol. The van der Waals surface area contributed by atoms with Gasteiger partial charge in [0.05, 0.1) is 10.0 Å². The highest BCUT2D eigenvalue weighted by molar-refractivity contribution is 6.39. The molecule has 1 aliphatic heterocycles. The molecule has 0 unspecified atom stereocenters. The molecule has 0 bridgehead atoms. The van der Waals surface area contributed by atoms with Gasteiger partial charge in [-0.15, -0.1) is 0 Å². The topological polar surface area (TPSA) is 66.9 Å². The molecule has 0 N–H and O–H groups in total. The number of hydrogen-bond acceptors (Lipinski definition) is 6. The third-order valence-corrected chi connectivity index (χ3v) is 4.48. The molecule has 1 aliphatic rings. The van der Waals surface area contributed by atoms with Crippen molar-refractivity contribution in [3.05, 3.63) is 52.1 Å². The van der Waals surface area contributed by atoms with Crippen LogP contribution < -0.4 is 18.9 Å². The van der Waals surface area contributed by atoms with Gasteiger partial charge in [-0.2, -0.15) is 0 Å². The standard InChI is InChI=1S/C19H13Cl2NO5/c1-10-2-4-12-13(20)7-14(21)19(18(12)22-10)24-8-17(23)27-11-3-5-15-16(6-11)26-9-25-15/h2-7H,8-9H2,1H3. The predicted octanol–water partition coefficient (Wildman–Crippen LogP) is 4.56. The number of carbonyl (C=O) groups is 1. The summed E-state index contributed by atoms with van der Waals surface area (Å²) in [5.74, 6) is 1.14. The second-order valence-corrected chi connectivity index (χ2v) is 6.61. The highest BCUT2D eigenvalue weighted by atomic mass is 35.5. The van der Waals surface area contributed by atoms with E-state index in [4.69, 9.17) is 42.1 Å². The first kappa shape index (κ1) is 17.7. The van der Waals surface area contributed by atoms with E-state index >= 15 is 0 Å². The number of nitrogens with zero attached hydrogens (tertiary/aromatic N) is 1. The van der Waals surface area contributed by atoms with E-state index in [1.165, 1.54) is 0 Å². The van der Waals surface area contributed by atoms with E-state index in [-0.39, 0.29) is 24.2 Å². The van der Waals surface area contributed by atoms with Crippen LogP contribution in [0.1, 0.15) is 5.69 Å². The van der Waals surface area contributed by atoms with Crippen LogP contribution in [0.3, 0.4) is 0 Å². The third kappa shape index (κ3) is 3.59. The smallest absolute Gasteiger partial charge is 0.349 e. The second-order valence-electron chi connectivity index (χ2n) is 5.80. The molecule has 0 atom stereocenters. The van der Waals surface area contributed by atoms with Gasteiger partial charge in [-0.25, -0.2) is 9.78 Å². The number of esters is 1. The van der Waals surface area contributed by atoms with Crippen molar-refractivity contribution < 1.29 is 23.7 Å². The Bertz CT molecular complexity index is 1050. The number of halogens is 2. The number of pyridine rings is 1. The molecule has 27 heavy (non-hydrogen) atoms. The number of ether oxygens (including phenoxy) is 4. The number of aromatic nitrogens is 1. The van der Waals surface area contributed by atoms with Crippen molar-refractivity contribution in [1.29, 1.82) is 0 Å². The Hall–Kier alpha value is -2.70. The molecule has 0 saturated carbocycles. The van der Waals surface area contributed by atoms with Gasteiger partial charge >= 0.3 is 5.97 Å². The lowest BCUT2D eigenvalue weighted by Gasteiger charge is -2.12. The quantitative estimate of drug-likeness (QED) is 0.468. The van der Waals surface area contributed by atoms with E-state index in [0.29, 0.717) is 33.2 Å². The molecule has 0 aliphatic carbocycles. The number of benzene rings is 2. The fraction of sp³-hybridized carbons (Fsp3) is 0.158. The summed E-state index contributed by atoms with van der Waals surface area (Å²) in [6, 6.07) is 10.1. The molecule has 3 aromatic rings. The summed E-state index contributed by atoms with van der Waals surface area (Å²) in [7, 11) is 0. The Balaban J connectivity index is 1.51. The Labute approximate surface area is 164 Å². The molecular weight excluding hydrogens is 393 g/mol. The molecule has 0 amide bonds. The van der Waals surface area contributed by atoms with Crippen LogP contribution >= 0.6 is 23.2 Å². The van der Waals surface area contributed by atoms with Gasteiger partial charge in [0.15, 0.2) is 23.9 Å². The van der Waals surface area contributed by atoms with Crippen LogP contribution in [-0.2, 0) is 4.79 Å². The van der Waals surface area contributed by atoms with Gasteiger partial charge in [-0.1, -0.05) is 23.2 Å². The first-order valence-corrected chi connectivity index (χ1v) is 8.75. The summed E-state index contributed by atoms with van der Waals surface area (Å²) in [5, 5.41) is 1.41. The first-order chi connectivity index (χ1) is 13.0. The fourth-order valence-corrected chi connectivity index (χ4v) is 3.23. The molecule has 2 aromatic carbocycles. The summed E-state index contributed by atoms with van der Waals surface area (Å²) in [4.78, 5) is 16.6. The summed E-state index contributed by atoms with van der Waals surface area (Å²) in [6.07, 6.45) is 0. The van der Waals surface area contributed by atoms with Crippen molar-refractivity contribution in [2.24, 2.45) is 0 Å². The zero-order chi connectivity index (χ0) is 19.0. The Morgan fingerprint density at radius 1 is 1.11 bits per heavy atom. The second kappa shape index (κ2) is 7.13. The zero-order valence-electron chi connectivity index (χ0n) is 14.1. The number of fused-ring (bicyclic) bond motifs is 2. The maximum Gasteiger partial charge on any atom is 0.349 e. The minimum absolute atomic E-state index is 0.143.